The van der Waals surface area contributed by atoms with Gasteiger partial charge in [-0.2, -0.15) is 0 Å². The molecule has 2 aromatic carbocycles. The lowest BCUT2D eigenvalue weighted by molar-refractivity contribution is -0.113. The molecule has 1 aliphatic heterocycles. The van der Waals surface area contributed by atoms with Crippen molar-refractivity contribution in [2.45, 2.75) is 0 Å². The summed E-state index contributed by atoms with van der Waals surface area (Å²) in [6, 6.07) is 11.9. The third kappa shape index (κ3) is 3.33. The average molecular weight is 373 g/mol. The van der Waals surface area contributed by atoms with Gasteiger partial charge in [-0.25, -0.2) is 0 Å². The fraction of sp³-hybridized carbons (Fsp3) is 0.111. The lowest BCUT2D eigenvalue weighted by Crippen LogP contribution is -2.27. The number of thiocarbonyl (C=S) groups is 1. The molecule has 1 fully saturated rings. The van der Waals surface area contributed by atoms with Gasteiger partial charge >= 0.3 is 0 Å². The monoisotopic (exact) mass is 373 g/mol. The minimum absolute atomic E-state index is 0.00192. The molecule has 0 saturated carbocycles. The maximum atomic E-state index is 12.8. The number of amides is 1. The van der Waals surface area contributed by atoms with Gasteiger partial charge in [0, 0.05) is 11.6 Å². The summed E-state index contributed by atoms with van der Waals surface area (Å²) in [5.74, 6) is 0.972. The zero-order valence-corrected chi connectivity index (χ0v) is 15.2. The van der Waals surface area contributed by atoms with Crippen LogP contribution in [0, 0.1) is 0 Å². The van der Waals surface area contributed by atoms with E-state index in [1.54, 1.807) is 50.6 Å². The van der Waals surface area contributed by atoms with Crippen LogP contribution >= 0.6 is 24.0 Å². The molecule has 0 aromatic heterocycles. The van der Waals surface area contributed by atoms with Gasteiger partial charge in [-0.05, 0) is 30.3 Å². The highest BCUT2D eigenvalue weighted by molar-refractivity contribution is 8.27. The van der Waals surface area contributed by atoms with Crippen LogP contribution in [0.25, 0.3) is 6.08 Å². The highest BCUT2D eigenvalue weighted by Gasteiger charge is 2.34. The Kier molecular flexibility index (Phi) is 4.96. The number of methoxy groups -OCH3 is 2. The average Bonchev–Trinajstić information content (AvgIpc) is 2.89. The Morgan fingerprint density at radius 2 is 1.92 bits per heavy atom. The molecule has 1 amide bonds. The summed E-state index contributed by atoms with van der Waals surface area (Å²) >= 11 is 6.50. The van der Waals surface area contributed by atoms with Gasteiger partial charge in [-0.15, -0.1) is 0 Å². The molecule has 5 nitrogen and oxygen atoms in total. The van der Waals surface area contributed by atoms with Crippen LogP contribution in [0.5, 0.6) is 17.2 Å². The van der Waals surface area contributed by atoms with E-state index in [2.05, 4.69) is 0 Å². The van der Waals surface area contributed by atoms with Crippen LogP contribution < -0.4 is 14.4 Å². The zero-order chi connectivity index (χ0) is 18.0. The molecular weight excluding hydrogens is 358 g/mol. The second kappa shape index (κ2) is 7.16. The maximum Gasteiger partial charge on any atom is 0.270 e. The van der Waals surface area contributed by atoms with Crippen LogP contribution in [-0.2, 0) is 4.79 Å². The Hall–Kier alpha value is -2.51. The van der Waals surface area contributed by atoms with Gasteiger partial charge in [0.05, 0.1) is 24.8 Å². The molecule has 1 N–H and O–H groups in total. The number of carbonyl (C=O) groups is 1. The highest BCUT2D eigenvalue weighted by atomic mass is 32.2. The molecule has 0 bridgehead atoms. The molecule has 7 heteroatoms. The number of phenols is 1. The van der Waals surface area contributed by atoms with Gasteiger partial charge in [-0.3, -0.25) is 9.69 Å². The van der Waals surface area contributed by atoms with Crippen molar-refractivity contribution in [1.82, 2.24) is 0 Å². The maximum absolute atomic E-state index is 12.8. The predicted octanol–water partition coefficient (Wildman–Crippen LogP) is 3.82. The van der Waals surface area contributed by atoms with Crippen molar-refractivity contribution in [3.63, 3.8) is 0 Å². The van der Waals surface area contributed by atoms with E-state index in [1.807, 2.05) is 6.07 Å². The number of benzene rings is 2. The van der Waals surface area contributed by atoms with Crippen molar-refractivity contribution in [3.8, 4) is 17.2 Å². The summed E-state index contributed by atoms with van der Waals surface area (Å²) in [6.07, 6.45) is 1.72. The second-order valence-electron chi connectivity index (χ2n) is 5.11. The first-order valence-electron chi connectivity index (χ1n) is 7.33. The van der Waals surface area contributed by atoms with Gasteiger partial charge in [0.15, 0.2) is 4.32 Å². The van der Waals surface area contributed by atoms with Gasteiger partial charge in [0.25, 0.3) is 5.91 Å². The van der Waals surface area contributed by atoms with Crippen LogP contribution in [0.3, 0.4) is 0 Å². The predicted molar refractivity (Wildman–Crippen MR) is 103 cm³/mol. The van der Waals surface area contributed by atoms with E-state index in [0.717, 1.165) is 5.56 Å². The van der Waals surface area contributed by atoms with E-state index in [0.29, 0.717) is 26.4 Å². The quantitative estimate of drug-likeness (QED) is 0.650. The SMILES string of the molecule is COc1ccc(C=C2SC(=S)N(c3ccccc3O)C2=O)c(OC)c1. The molecule has 0 unspecified atom stereocenters. The van der Waals surface area contributed by atoms with Crippen molar-refractivity contribution >= 4 is 46.0 Å². The fourth-order valence-corrected chi connectivity index (χ4v) is 3.68. The molecule has 0 atom stereocenters. The lowest BCUT2D eigenvalue weighted by Gasteiger charge is -2.15. The van der Waals surface area contributed by atoms with Crippen LogP contribution in [0.1, 0.15) is 5.56 Å². The molecule has 1 heterocycles. The van der Waals surface area contributed by atoms with Crippen LogP contribution in [0.4, 0.5) is 5.69 Å². The number of anilines is 1. The van der Waals surface area contributed by atoms with E-state index in [9.17, 15) is 9.90 Å². The normalized spacial score (nSPS) is 15.8. The van der Waals surface area contributed by atoms with E-state index >= 15 is 0 Å². The van der Waals surface area contributed by atoms with Gasteiger partial charge in [0.1, 0.15) is 17.2 Å². The smallest absolute Gasteiger partial charge is 0.270 e. The van der Waals surface area contributed by atoms with Gasteiger partial charge in [0.2, 0.25) is 0 Å². The summed E-state index contributed by atoms with van der Waals surface area (Å²) in [5.41, 5.74) is 1.11. The fourth-order valence-electron chi connectivity index (χ4n) is 2.41. The van der Waals surface area contributed by atoms with E-state index < -0.39 is 0 Å². The Balaban J connectivity index is 1.97. The Morgan fingerprint density at radius 3 is 2.60 bits per heavy atom. The molecule has 25 heavy (non-hydrogen) atoms. The molecule has 1 aliphatic rings. The Morgan fingerprint density at radius 1 is 1.16 bits per heavy atom. The standard InChI is InChI=1S/C18H15NO4S2/c1-22-12-8-7-11(15(10-12)23-2)9-16-17(21)19(18(24)25-16)13-5-3-4-6-14(13)20/h3-10,20H,1-2H3. The van der Waals surface area contributed by atoms with Crippen molar-refractivity contribution < 1.29 is 19.4 Å². The summed E-state index contributed by atoms with van der Waals surface area (Å²) < 4.78 is 10.9. The topological polar surface area (TPSA) is 59.0 Å². The lowest BCUT2D eigenvalue weighted by atomic mass is 10.1. The second-order valence-corrected chi connectivity index (χ2v) is 6.79. The highest BCUT2D eigenvalue weighted by Crippen LogP contribution is 2.40. The number of hydrogen-bond donors (Lipinski definition) is 1. The molecule has 0 spiro atoms. The van der Waals surface area contributed by atoms with Crippen molar-refractivity contribution in [1.29, 1.82) is 0 Å². The number of ether oxygens (including phenoxy) is 2. The third-order valence-electron chi connectivity index (χ3n) is 3.64. The number of phenolic OH excluding ortho intramolecular Hbond substituents is 1. The number of thioether (sulfide) groups is 1. The van der Waals surface area contributed by atoms with Gasteiger partial charge in [-0.1, -0.05) is 36.1 Å². The third-order valence-corrected chi connectivity index (χ3v) is 4.95. The number of hydrogen-bond acceptors (Lipinski definition) is 6. The molecule has 0 radical (unpaired) electrons. The number of carbonyl (C=O) groups excluding carboxylic acids is 1. The zero-order valence-electron chi connectivity index (χ0n) is 13.6. The van der Waals surface area contributed by atoms with Crippen molar-refractivity contribution in [3.05, 3.63) is 52.9 Å². The van der Waals surface area contributed by atoms with E-state index in [-0.39, 0.29) is 11.7 Å². The van der Waals surface area contributed by atoms with Crippen LogP contribution in [0.2, 0.25) is 0 Å². The molecule has 0 aliphatic carbocycles. The Labute approximate surface area is 154 Å². The summed E-state index contributed by atoms with van der Waals surface area (Å²) in [7, 11) is 3.13. The summed E-state index contributed by atoms with van der Waals surface area (Å²) in [5, 5.41) is 10.0. The van der Waals surface area contributed by atoms with Crippen LogP contribution in [-0.4, -0.2) is 29.6 Å². The number of para-hydroxylation sites is 2. The largest absolute Gasteiger partial charge is 0.506 e. The molecular formula is C18H15NO4S2. The number of aromatic hydroxyl groups is 1. The number of nitrogens with zero attached hydrogens (tertiary/aromatic N) is 1. The van der Waals surface area contributed by atoms with E-state index in [4.69, 9.17) is 21.7 Å². The minimum atomic E-state index is -0.283. The first-order valence-corrected chi connectivity index (χ1v) is 8.55. The molecule has 1 saturated heterocycles. The van der Waals surface area contributed by atoms with Gasteiger partial charge < -0.3 is 14.6 Å². The number of rotatable bonds is 4. The van der Waals surface area contributed by atoms with Crippen LogP contribution in [0.15, 0.2) is 47.4 Å². The first-order chi connectivity index (χ1) is 12.0. The molecule has 128 valence electrons. The van der Waals surface area contributed by atoms with Crippen molar-refractivity contribution in [2.75, 3.05) is 19.1 Å². The molecule has 3 rings (SSSR count). The first kappa shape index (κ1) is 17.3. The van der Waals surface area contributed by atoms with Crippen molar-refractivity contribution in [2.24, 2.45) is 0 Å². The minimum Gasteiger partial charge on any atom is -0.506 e. The summed E-state index contributed by atoms with van der Waals surface area (Å²) in [4.78, 5) is 14.6. The molecule has 2 aromatic rings. The van der Waals surface area contributed by atoms with E-state index in [1.165, 1.54) is 22.7 Å². The Bertz CT molecular complexity index is 879. The summed E-state index contributed by atoms with van der Waals surface area (Å²) in [6.45, 7) is 0.